The Morgan fingerprint density at radius 1 is 0.681 bits per heavy atom. The molecule has 0 aromatic rings. The Bertz CT molecular complexity index is 1250. The molecule has 47 heavy (non-hydrogen) atoms. The van der Waals surface area contributed by atoms with Gasteiger partial charge in [-0.3, -0.25) is 33.6 Å². The van der Waals surface area contributed by atoms with Gasteiger partial charge in [0, 0.05) is 47.5 Å². The zero-order valence-electron chi connectivity index (χ0n) is 26.2. The Morgan fingerprint density at radius 2 is 1.23 bits per heavy atom. The van der Waals surface area contributed by atoms with Crippen LogP contribution in [-0.2, 0) is 85.7 Å². The molecule has 1 saturated carbocycles. The number of hydrogen-bond donors (Lipinski definition) is 1. The van der Waals surface area contributed by atoms with Crippen molar-refractivity contribution in [2.45, 2.75) is 109 Å². The first-order valence-corrected chi connectivity index (χ1v) is 14.5. The number of carbonyl (C=O) groups excluding carboxylic acids is 7. The maximum Gasteiger partial charge on any atom is 0.303 e. The van der Waals surface area contributed by atoms with E-state index in [0.717, 1.165) is 41.5 Å². The maximum atomic E-state index is 12.3. The summed E-state index contributed by atoms with van der Waals surface area (Å²) in [5.74, 6) is -7.05. The molecule has 262 valence electrons. The minimum Gasteiger partial charge on any atom is -0.463 e. The van der Waals surface area contributed by atoms with E-state index in [0.29, 0.717) is 0 Å². The zero-order valence-corrected chi connectivity index (χ0v) is 26.2. The van der Waals surface area contributed by atoms with Gasteiger partial charge in [0.05, 0.1) is 5.92 Å². The number of aliphatic hydroxyl groups excluding tert-OH is 1. The van der Waals surface area contributed by atoms with Gasteiger partial charge in [-0.05, 0) is 0 Å². The van der Waals surface area contributed by atoms with Crippen molar-refractivity contribution in [3.05, 3.63) is 0 Å². The normalized spacial score (nSPS) is 38.4. The largest absolute Gasteiger partial charge is 0.463 e. The van der Waals surface area contributed by atoms with Gasteiger partial charge in [-0.1, -0.05) is 0 Å². The van der Waals surface area contributed by atoms with Crippen LogP contribution in [-0.4, -0.2) is 128 Å². The molecule has 0 amide bonds. The fraction of sp³-hybridized carbons (Fsp3) is 0.750. The Labute approximate surface area is 267 Å². The Morgan fingerprint density at radius 3 is 1.79 bits per heavy atom. The van der Waals surface area contributed by atoms with Crippen LogP contribution < -0.4 is 0 Å². The predicted octanol–water partition coefficient (Wildman–Crippen LogP) is -1.82. The minimum atomic E-state index is -1.76. The predicted molar refractivity (Wildman–Crippen MR) is 142 cm³/mol. The third-order valence-corrected chi connectivity index (χ3v) is 7.87. The van der Waals surface area contributed by atoms with Crippen molar-refractivity contribution in [1.82, 2.24) is 0 Å². The molecule has 2 unspecified atom stereocenters. The van der Waals surface area contributed by atoms with E-state index in [1.54, 1.807) is 0 Å². The summed E-state index contributed by atoms with van der Waals surface area (Å²) >= 11 is 0. The van der Waals surface area contributed by atoms with Gasteiger partial charge in [0.2, 0.25) is 12.6 Å². The lowest BCUT2D eigenvalue weighted by Gasteiger charge is -2.48. The third kappa shape index (κ3) is 7.81. The Balaban J connectivity index is 1.77. The van der Waals surface area contributed by atoms with Crippen molar-refractivity contribution in [3.8, 4) is 0 Å². The van der Waals surface area contributed by atoms with E-state index in [1.807, 2.05) is 0 Å². The number of esters is 6. The maximum absolute atomic E-state index is 12.3. The van der Waals surface area contributed by atoms with Crippen molar-refractivity contribution in [1.29, 1.82) is 0 Å². The quantitative estimate of drug-likeness (QED) is 0.103. The summed E-state index contributed by atoms with van der Waals surface area (Å²) in [6.07, 6.45) is -14.9. The van der Waals surface area contributed by atoms with Crippen molar-refractivity contribution in [2.75, 3.05) is 13.2 Å². The summed E-state index contributed by atoms with van der Waals surface area (Å²) < 4.78 is 61.0. The lowest BCUT2D eigenvalue weighted by Crippen LogP contribution is -2.65. The number of ether oxygens (including phenoxy) is 11. The van der Waals surface area contributed by atoms with E-state index in [9.17, 15) is 38.7 Å². The molecule has 13 atom stereocenters. The molecule has 3 heterocycles. The van der Waals surface area contributed by atoms with E-state index in [2.05, 4.69) is 0 Å². The first-order valence-electron chi connectivity index (χ1n) is 14.5. The second-order valence-corrected chi connectivity index (χ2v) is 11.3. The van der Waals surface area contributed by atoms with Gasteiger partial charge >= 0.3 is 35.8 Å². The third-order valence-electron chi connectivity index (χ3n) is 7.87. The fourth-order valence-electron chi connectivity index (χ4n) is 6.32. The van der Waals surface area contributed by atoms with Crippen molar-refractivity contribution in [3.63, 3.8) is 0 Å². The molecular formula is C28H36O19. The van der Waals surface area contributed by atoms with Gasteiger partial charge in [0.15, 0.2) is 24.6 Å². The van der Waals surface area contributed by atoms with Crippen LogP contribution in [0.5, 0.6) is 0 Å². The number of rotatable bonds is 12. The smallest absolute Gasteiger partial charge is 0.303 e. The average Bonchev–Trinajstić information content (AvgIpc) is 3.62. The average molecular weight is 677 g/mol. The summed E-state index contributed by atoms with van der Waals surface area (Å²) in [4.78, 5) is 83.5. The summed E-state index contributed by atoms with van der Waals surface area (Å²) in [5.41, 5.74) is -1.45. The highest BCUT2D eigenvalue weighted by molar-refractivity contribution is 5.69. The Kier molecular flexibility index (Phi) is 11.1. The number of epoxide rings is 1. The number of carbonyl (C=O) groups is 7. The van der Waals surface area contributed by atoms with Gasteiger partial charge in [-0.2, -0.15) is 0 Å². The molecule has 1 N–H and O–H groups in total. The van der Waals surface area contributed by atoms with Crippen LogP contribution >= 0.6 is 0 Å². The number of hydrogen-bond acceptors (Lipinski definition) is 19. The molecule has 0 bridgehead atoms. The van der Waals surface area contributed by atoms with E-state index < -0.39 is 128 Å². The van der Waals surface area contributed by atoms with E-state index >= 15 is 0 Å². The molecule has 1 aliphatic carbocycles. The molecule has 19 heteroatoms. The molecular weight excluding hydrogens is 640 g/mol. The zero-order chi connectivity index (χ0) is 34.8. The molecule has 0 spiro atoms. The summed E-state index contributed by atoms with van der Waals surface area (Å²) in [6.45, 7) is 5.54. The van der Waals surface area contributed by atoms with Crippen LogP contribution in [0.4, 0.5) is 0 Å². The van der Waals surface area contributed by atoms with Crippen molar-refractivity contribution < 1.29 is 90.8 Å². The number of fused-ring (bicyclic) bond motifs is 3. The number of aliphatic hydroxyl groups is 1. The van der Waals surface area contributed by atoms with Crippen LogP contribution in [0.15, 0.2) is 0 Å². The highest BCUT2D eigenvalue weighted by atomic mass is 16.8. The molecule has 4 rings (SSSR count). The van der Waals surface area contributed by atoms with Crippen LogP contribution in [0.3, 0.4) is 0 Å². The van der Waals surface area contributed by atoms with Crippen LogP contribution in [0.2, 0.25) is 0 Å². The fourth-order valence-corrected chi connectivity index (χ4v) is 6.32. The van der Waals surface area contributed by atoms with Crippen molar-refractivity contribution >= 4 is 42.3 Å². The van der Waals surface area contributed by atoms with Gasteiger partial charge in [0.1, 0.15) is 43.2 Å². The lowest BCUT2D eigenvalue weighted by molar-refractivity contribution is -0.390. The molecule has 4 aliphatic rings. The molecule has 4 fully saturated rings. The second-order valence-electron chi connectivity index (χ2n) is 11.3. The topological polar surface area (TPSA) is 245 Å². The molecule has 3 aliphatic heterocycles. The molecule has 0 radical (unpaired) electrons. The van der Waals surface area contributed by atoms with Crippen LogP contribution in [0.25, 0.3) is 0 Å². The van der Waals surface area contributed by atoms with Crippen LogP contribution in [0.1, 0.15) is 41.5 Å². The van der Waals surface area contributed by atoms with Crippen molar-refractivity contribution in [2.24, 2.45) is 11.8 Å². The monoisotopic (exact) mass is 676 g/mol. The van der Waals surface area contributed by atoms with E-state index in [1.165, 1.54) is 0 Å². The van der Waals surface area contributed by atoms with Gasteiger partial charge in [0.25, 0.3) is 6.47 Å². The second kappa shape index (κ2) is 14.5. The first-order chi connectivity index (χ1) is 22.1. The SMILES string of the molecule is CC(=O)OC[C@H]1O[C@@H](O[C@@H]2OC(OC=O)C(O)[C@H]3[C@H](OC(C)=O)[C@@H]4O[C@]4(COC(C)=O)[C@@H]23)[C@H](OC(C)=O)[C@@H](OC(C)=O)[C@@H]1OC(C)=O. The standard InChI is InChI=1S/C28H36O19/c1-10(30)37-7-16-20(40-12(3)32)22(42-14(5)34)23(43-15(6)35)27(44-16)46-25-18-17(19(36)26(45-25)39-9-29)21(41-13(4)33)24-28(18,47-24)8-38-11(2)31/h9,16-27,36H,7-8H2,1-6H3/t16-,17+,18-,19?,20-,21+,22+,23-,24+,25+,26?,27+,28-/m1/s1. The molecule has 3 saturated heterocycles. The van der Waals surface area contributed by atoms with Gasteiger partial charge in [-0.15, -0.1) is 0 Å². The Hall–Kier alpha value is -3.91. The highest BCUT2D eigenvalue weighted by Gasteiger charge is 2.80. The van der Waals surface area contributed by atoms with Gasteiger partial charge in [-0.25, -0.2) is 0 Å². The molecule has 0 aromatic heterocycles. The summed E-state index contributed by atoms with van der Waals surface area (Å²) in [7, 11) is 0. The summed E-state index contributed by atoms with van der Waals surface area (Å²) in [6, 6.07) is 0. The first kappa shape index (κ1) is 35.9. The van der Waals surface area contributed by atoms with Gasteiger partial charge < -0.3 is 57.2 Å². The van der Waals surface area contributed by atoms with E-state index in [4.69, 9.17) is 52.1 Å². The highest BCUT2D eigenvalue weighted by Crippen LogP contribution is 2.62. The molecule has 19 nitrogen and oxygen atoms in total. The lowest BCUT2D eigenvalue weighted by atomic mass is 9.81. The van der Waals surface area contributed by atoms with Crippen LogP contribution in [0, 0.1) is 11.8 Å². The molecule has 0 aromatic carbocycles. The summed E-state index contributed by atoms with van der Waals surface area (Å²) in [5, 5.41) is 11.2. The minimum absolute atomic E-state index is 0.00124. The van der Waals surface area contributed by atoms with E-state index in [-0.39, 0.29) is 6.47 Å².